The number of nitrogens with zero attached hydrogens (tertiary/aromatic N) is 3. The van der Waals surface area contributed by atoms with Gasteiger partial charge in [-0.2, -0.15) is 18.3 Å². The minimum Gasteiger partial charge on any atom is -0.497 e. The first-order valence-corrected chi connectivity index (χ1v) is 11.2. The van der Waals surface area contributed by atoms with Crippen LogP contribution >= 0.6 is 11.3 Å². The average Bonchev–Trinajstić information content (AvgIpc) is 3.45. The molecule has 36 heavy (non-hydrogen) atoms. The first kappa shape index (κ1) is 26.7. The molecule has 7 nitrogen and oxygen atoms in total. The van der Waals surface area contributed by atoms with Gasteiger partial charge in [0.15, 0.2) is 11.5 Å². The number of aliphatic imine (C=N–C) groups is 1. The van der Waals surface area contributed by atoms with Gasteiger partial charge in [0.25, 0.3) is 0 Å². The van der Waals surface area contributed by atoms with Crippen LogP contribution in [0.25, 0.3) is 11.4 Å². The van der Waals surface area contributed by atoms with Crippen molar-refractivity contribution in [3.05, 3.63) is 75.5 Å². The molecule has 0 fully saturated rings. The van der Waals surface area contributed by atoms with Crippen LogP contribution in [0.4, 0.5) is 23.2 Å². The van der Waals surface area contributed by atoms with Crippen LogP contribution in [0.2, 0.25) is 0 Å². The van der Waals surface area contributed by atoms with Crippen molar-refractivity contribution in [3.8, 4) is 5.75 Å². The van der Waals surface area contributed by atoms with Crippen LogP contribution in [-0.2, 0) is 6.18 Å². The van der Waals surface area contributed by atoms with Gasteiger partial charge in [0.1, 0.15) is 22.3 Å². The van der Waals surface area contributed by atoms with Gasteiger partial charge in [0.2, 0.25) is 0 Å². The smallest absolute Gasteiger partial charge is 0.435 e. The Balaban J connectivity index is 2.21. The summed E-state index contributed by atoms with van der Waals surface area (Å²) in [6.07, 6.45) is -1.89. The molecular formula is C24H22F4N4O3S. The lowest BCUT2D eigenvalue weighted by atomic mass is 10.1. The molecule has 0 unspecified atom stereocenters. The summed E-state index contributed by atoms with van der Waals surface area (Å²) >= 11 is 0.943. The Bertz CT molecular complexity index is 1370. The van der Waals surface area contributed by atoms with Crippen molar-refractivity contribution in [1.29, 1.82) is 0 Å². The number of hydrogen-bond donors (Lipinski definition) is 2. The second-order valence-corrected chi connectivity index (χ2v) is 8.86. The van der Waals surface area contributed by atoms with E-state index in [4.69, 9.17) is 4.74 Å². The standard InChI is InChI=1S/C24H22F4N4O3S/c1-13(2)9-18(19-5-6-20(36-19)23(33)34)22(32-8-7-21(31-32)24(26,27)28)30-14(3)29-16-10-15(25)11-17(12-16)35-4/h5-12H,1-4H3,(H,29,30)(H,33,34)/b22-18-. The maximum atomic E-state index is 13.9. The summed E-state index contributed by atoms with van der Waals surface area (Å²) < 4.78 is 59.8. The number of nitrogens with one attached hydrogen (secondary N) is 1. The molecular weight excluding hydrogens is 500 g/mol. The fourth-order valence-corrected chi connectivity index (χ4v) is 3.97. The Morgan fingerprint density at radius 3 is 2.42 bits per heavy atom. The number of carbonyl (C=O) groups is 1. The van der Waals surface area contributed by atoms with Crippen molar-refractivity contribution in [2.45, 2.75) is 26.9 Å². The molecule has 0 saturated carbocycles. The molecule has 2 N–H and O–H groups in total. The summed E-state index contributed by atoms with van der Waals surface area (Å²) in [5, 5.41) is 15.9. The second-order valence-electron chi connectivity index (χ2n) is 7.77. The van der Waals surface area contributed by atoms with Gasteiger partial charge in [-0.25, -0.2) is 18.9 Å². The predicted molar refractivity (Wildman–Crippen MR) is 131 cm³/mol. The van der Waals surface area contributed by atoms with Crippen molar-refractivity contribution in [2.75, 3.05) is 12.4 Å². The first-order valence-electron chi connectivity index (χ1n) is 10.4. The summed E-state index contributed by atoms with van der Waals surface area (Å²) in [5.74, 6) is -1.24. The van der Waals surface area contributed by atoms with Crippen LogP contribution in [0.5, 0.6) is 5.75 Å². The third-order valence-electron chi connectivity index (χ3n) is 4.56. The lowest BCUT2D eigenvalue weighted by Gasteiger charge is -2.13. The summed E-state index contributed by atoms with van der Waals surface area (Å²) in [6.45, 7) is 5.10. The number of amidine groups is 1. The summed E-state index contributed by atoms with van der Waals surface area (Å²) in [4.78, 5) is 16.4. The van der Waals surface area contributed by atoms with Gasteiger partial charge in [0.05, 0.1) is 7.11 Å². The largest absolute Gasteiger partial charge is 0.497 e. The molecule has 1 aromatic carbocycles. The van der Waals surface area contributed by atoms with Crippen molar-refractivity contribution in [2.24, 2.45) is 4.99 Å². The number of allylic oxidation sites excluding steroid dienone is 3. The Hall–Kier alpha value is -3.93. The van der Waals surface area contributed by atoms with E-state index in [-0.39, 0.29) is 22.3 Å². The number of rotatable bonds is 7. The van der Waals surface area contributed by atoms with Crippen molar-refractivity contribution < 1.29 is 32.2 Å². The zero-order chi connectivity index (χ0) is 26.6. The van der Waals surface area contributed by atoms with E-state index < -0.39 is 23.7 Å². The van der Waals surface area contributed by atoms with Crippen LogP contribution < -0.4 is 10.1 Å². The molecule has 12 heteroatoms. The lowest BCUT2D eigenvalue weighted by molar-refractivity contribution is -0.141. The normalized spacial score (nSPS) is 12.7. The number of aromatic carboxylic acids is 1. The predicted octanol–water partition coefficient (Wildman–Crippen LogP) is 6.63. The van der Waals surface area contributed by atoms with Crippen LogP contribution in [-0.4, -0.2) is 33.8 Å². The number of benzene rings is 1. The van der Waals surface area contributed by atoms with Crippen LogP contribution in [0.1, 0.15) is 41.0 Å². The van der Waals surface area contributed by atoms with Gasteiger partial charge in [0, 0.05) is 34.5 Å². The maximum Gasteiger partial charge on any atom is 0.435 e. The van der Waals surface area contributed by atoms with E-state index in [9.17, 15) is 27.5 Å². The van der Waals surface area contributed by atoms with E-state index in [1.807, 2.05) is 0 Å². The number of alkyl halides is 3. The highest BCUT2D eigenvalue weighted by Gasteiger charge is 2.34. The Kier molecular flexibility index (Phi) is 7.98. The molecule has 2 heterocycles. The monoisotopic (exact) mass is 522 g/mol. The molecule has 0 amide bonds. The van der Waals surface area contributed by atoms with E-state index in [0.29, 0.717) is 16.1 Å². The summed E-state index contributed by atoms with van der Waals surface area (Å²) in [6, 6.07) is 7.68. The number of ether oxygens (including phenoxy) is 1. The van der Waals surface area contributed by atoms with Crippen molar-refractivity contribution in [1.82, 2.24) is 9.78 Å². The third-order valence-corrected chi connectivity index (χ3v) is 5.67. The molecule has 0 spiro atoms. The number of aromatic nitrogens is 2. The number of thiophene rings is 1. The van der Waals surface area contributed by atoms with Crippen molar-refractivity contribution >= 4 is 40.2 Å². The SMILES string of the molecule is COc1cc(F)cc(N/C(C)=N/C(=C(\C=C(C)C)c2ccc(C(=O)O)s2)n2ccc(C(F)(F)F)n2)c1. The van der Waals surface area contributed by atoms with E-state index >= 15 is 0 Å². The van der Waals surface area contributed by atoms with Crippen LogP contribution in [0.15, 0.2) is 59.2 Å². The van der Waals surface area contributed by atoms with Crippen LogP contribution in [0, 0.1) is 5.82 Å². The average molecular weight is 523 g/mol. The zero-order valence-electron chi connectivity index (χ0n) is 19.6. The molecule has 2 aromatic heterocycles. The van der Waals surface area contributed by atoms with Crippen molar-refractivity contribution in [3.63, 3.8) is 0 Å². The molecule has 190 valence electrons. The maximum absolute atomic E-state index is 13.9. The summed E-state index contributed by atoms with van der Waals surface area (Å²) in [5.41, 5.74) is 0.315. The Morgan fingerprint density at radius 2 is 1.86 bits per heavy atom. The fourth-order valence-electron chi connectivity index (χ4n) is 3.11. The van der Waals surface area contributed by atoms with Gasteiger partial charge in [-0.3, -0.25) is 0 Å². The fraction of sp³-hybridized carbons (Fsp3) is 0.208. The van der Waals surface area contributed by atoms with Gasteiger partial charge < -0.3 is 15.2 Å². The minimum absolute atomic E-state index is 0.00106. The quantitative estimate of drug-likeness (QED) is 0.157. The first-order chi connectivity index (χ1) is 16.9. The number of halogens is 4. The molecule has 3 rings (SSSR count). The number of anilines is 1. The lowest BCUT2D eigenvalue weighted by Crippen LogP contribution is -2.11. The number of hydrogen-bond acceptors (Lipinski definition) is 5. The van der Waals surface area contributed by atoms with Crippen LogP contribution in [0.3, 0.4) is 0 Å². The number of carboxylic acids is 1. The summed E-state index contributed by atoms with van der Waals surface area (Å²) in [7, 11) is 1.38. The highest BCUT2D eigenvalue weighted by atomic mass is 32.1. The van der Waals surface area contributed by atoms with E-state index in [1.165, 1.54) is 31.4 Å². The molecule has 0 bridgehead atoms. The molecule has 0 atom stereocenters. The Morgan fingerprint density at radius 1 is 1.17 bits per heavy atom. The Labute approximate surface area is 208 Å². The zero-order valence-corrected chi connectivity index (χ0v) is 20.5. The molecule has 0 aliphatic heterocycles. The van der Waals surface area contributed by atoms with Gasteiger partial charge >= 0.3 is 12.1 Å². The molecule has 0 radical (unpaired) electrons. The van der Waals surface area contributed by atoms with E-state index in [2.05, 4.69) is 15.4 Å². The topological polar surface area (TPSA) is 88.7 Å². The molecule has 3 aromatic rings. The molecule has 0 aliphatic rings. The molecule has 0 aliphatic carbocycles. The van der Waals surface area contributed by atoms with Gasteiger partial charge in [-0.1, -0.05) is 11.6 Å². The number of carboxylic acid groups (broad SMARTS) is 1. The van der Waals surface area contributed by atoms with Gasteiger partial charge in [-0.15, -0.1) is 11.3 Å². The van der Waals surface area contributed by atoms with E-state index in [1.54, 1.807) is 32.9 Å². The van der Waals surface area contributed by atoms with E-state index in [0.717, 1.165) is 33.9 Å². The third kappa shape index (κ3) is 6.60. The second kappa shape index (κ2) is 10.8. The highest BCUT2D eigenvalue weighted by molar-refractivity contribution is 7.15. The molecule has 0 saturated heterocycles. The minimum atomic E-state index is -4.68. The highest BCUT2D eigenvalue weighted by Crippen LogP contribution is 2.33. The number of methoxy groups -OCH3 is 1. The van der Waals surface area contributed by atoms with Gasteiger partial charge in [-0.05, 0) is 45.0 Å².